The number of rotatable bonds is 5. The van der Waals surface area contributed by atoms with Crippen molar-refractivity contribution in [3.8, 4) is 0 Å². The number of carbonyl (C=O) groups excluding carboxylic acids is 1. The molecule has 2 unspecified atom stereocenters. The molecular formula is C14H20O2. The molecule has 0 spiro atoms. The van der Waals surface area contributed by atoms with E-state index in [0.717, 1.165) is 6.42 Å². The molecule has 0 aliphatic carbocycles. The van der Waals surface area contributed by atoms with E-state index in [1.807, 2.05) is 32.0 Å². The largest absolute Gasteiger partial charge is 0.465 e. The Morgan fingerprint density at radius 3 is 2.44 bits per heavy atom. The topological polar surface area (TPSA) is 26.3 Å². The Morgan fingerprint density at radius 2 is 1.88 bits per heavy atom. The van der Waals surface area contributed by atoms with Gasteiger partial charge in [-0.3, -0.25) is 4.79 Å². The minimum Gasteiger partial charge on any atom is -0.465 e. The van der Waals surface area contributed by atoms with E-state index in [4.69, 9.17) is 4.74 Å². The highest BCUT2D eigenvalue weighted by atomic mass is 16.5. The Labute approximate surface area is 97.6 Å². The molecule has 0 saturated heterocycles. The monoisotopic (exact) mass is 220 g/mol. The van der Waals surface area contributed by atoms with Crippen LogP contribution in [0, 0.1) is 5.92 Å². The smallest absolute Gasteiger partial charge is 0.308 e. The second kappa shape index (κ2) is 6.31. The average Bonchev–Trinajstić information content (AvgIpc) is 2.35. The average molecular weight is 220 g/mol. The fourth-order valence-corrected chi connectivity index (χ4v) is 1.39. The maximum atomic E-state index is 11.5. The predicted molar refractivity (Wildman–Crippen MR) is 65.3 cm³/mol. The lowest BCUT2D eigenvalue weighted by atomic mass is 10.0. The van der Waals surface area contributed by atoms with Crippen LogP contribution in [0.5, 0.6) is 0 Å². The summed E-state index contributed by atoms with van der Waals surface area (Å²) in [5.74, 6) is 0.169. The molecule has 0 N–H and O–H groups in total. The first-order chi connectivity index (χ1) is 7.65. The molecule has 0 aromatic heterocycles. The van der Waals surface area contributed by atoms with E-state index < -0.39 is 0 Å². The van der Waals surface area contributed by atoms with Crippen molar-refractivity contribution in [2.45, 2.75) is 33.1 Å². The van der Waals surface area contributed by atoms with Crippen molar-refractivity contribution in [3.05, 3.63) is 35.9 Å². The number of hydrogen-bond acceptors (Lipinski definition) is 2. The number of carbonyl (C=O) groups is 1. The molecule has 1 aromatic carbocycles. The summed E-state index contributed by atoms with van der Waals surface area (Å²) in [4.78, 5) is 11.5. The molecule has 0 saturated carbocycles. The zero-order valence-corrected chi connectivity index (χ0v) is 10.3. The summed E-state index contributed by atoms with van der Waals surface area (Å²) in [5.41, 5.74) is 1.21. The van der Waals surface area contributed by atoms with Crippen LogP contribution in [0.15, 0.2) is 30.3 Å². The van der Waals surface area contributed by atoms with Gasteiger partial charge in [0, 0.05) is 5.92 Å². The van der Waals surface area contributed by atoms with Gasteiger partial charge >= 0.3 is 5.97 Å². The second-order valence-corrected chi connectivity index (χ2v) is 4.25. The van der Waals surface area contributed by atoms with E-state index in [0.29, 0.717) is 6.61 Å². The van der Waals surface area contributed by atoms with Gasteiger partial charge in [0.1, 0.15) is 0 Å². The van der Waals surface area contributed by atoms with Crippen LogP contribution in [0.25, 0.3) is 0 Å². The quantitative estimate of drug-likeness (QED) is 0.711. The van der Waals surface area contributed by atoms with Crippen LogP contribution < -0.4 is 0 Å². The Morgan fingerprint density at radius 1 is 1.25 bits per heavy atom. The zero-order chi connectivity index (χ0) is 12.0. The zero-order valence-electron chi connectivity index (χ0n) is 10.3. The summed E-state index contributed by atoms with van der Waals surface area (Å²) in [5, 5.41) is 0. The SMILES string of the molecule is CCC(C)C(=O)OCC(C)c1ccccc1. The molecule has 0 aliphatic heterocycles. The highest BCUT2D eigenvalue weighted by molar-refractivity contribution is 5.71. The van der Waals surface area contributed by atoms with Crippen molar-refractivity contribution in [3.63, 3.8) is 0 Å². The van der Waals surface area contributed by atoms with Crippen LogP contribution in [-0.2, 0) is 9.53 Å². The summed E-state index contributed by atoms with van der Waals surface area (Å²) < 4.78 is 5.27. The third kappa shape index (κ3) is 3.69. The first kappa shape index (κ1) is 12.8. The Bertz CT molecular complexity index is 319. The molecule has 0 fully saturated rings. The molecule has 1 rings (SSSR count). The minimum absolute atomic E-state index is 0.00275. The Hall–Kier alpha value is -1.31. The first-order valence-corrected chi connectivity index (χ1v) is 5.86. The Balaban J connectivity index is 2.42. The maximum absolute atomic E-state index is 11.5. The van der Waals surface area contributed by atoms with Crippen LogP contribution >= 0.6 is 0 Å². The van der Waals surface area contributed by atoms with Gasteiger partial charge in [-0.05, 0) is 12.0 Å². The molecule has 0 bridgehead atoms. The molecule has 0 aliphatic rings. The lowest BCUT2D eigenvalue weighted by Crippen LogP contribution is -2.17. The molecule has 0 heterocycles. The highest BCUT2D eigenvalue weighted by Crippen LogP contribution is 2.15. The van der Waals surface area contributed by atoms with E-state index in [1.54, 1.807) is 0 Å². The van der Waals surface area contributed by atoms with E-state index in [9.17, 15) is 4.79 Å². The summed E-state index contributed by atoms with van der Waals surface area (Å²) in [7, 11) is 0. The fraction of sp³-hybridized carbons (Fsp3) is 0.500. The molecular weight excluding hydrogens is 200 g/mol. The highest BCUT2D eigenvalue weighted by Gasteiger charge is 2.14. The number of benzene rings is 1. The number of esters is 1. The third-order valence-electron chi connectivity index (χ3n) is 2.86. The van der Waals surface area contributed by atoms with Crippen LogP contribution in [0.4, 0.5) is 0 Å². The molecule has 0 amide bonds. The van der Waals surface area contributed by atoms with Gasteiger partial charge in [-0.2, -0.15) is 0 Å². The Kier molecular flexibility index (Phi) is 5.03. The standard InChI is InChI=1S/C14H20O2/c1-4-11(2)14(15)16-10-12(3)13-8-6-5-7-9-13/h5-9,11-12H,4,10H2,1-3H3. The van der Waals surface area contributed by atoms with E-state index in [1.165, 1.54) is 5.56 Å². The lowest BCUT2D eigenvalue weighted by molar-refractivity contribution is -0.148. The molecule has 2 heteroatoms. The first-order valence-electron chi connectivity index (χ1n) is 5.86. The van der Waals surface area contributed by atoms with E-state index in [-0.39, 0.29) is 17.8 Å². The number of ether oxygens (including phenoxy) is 1. The molecule has 16 heavy (non-hydrogen) atoms. The normalized spacial score (nSPS) is 14.2. The predicted octanol–water partition coefficient (Wildman–Crippen LogP) is 3.38. The summed E-state index contributed by atoms with van der Waals surface area (Å²) in [6.07, 6.45) is 0.832. The summed E-state index contributed by atoms with van der Waals surface area (Å²) in [6.45, 7) is 6.43. The van der Waals surface area contributed by atoms with Gasteiger partial charge in [0.05, 0.1) is 12.5 Å². The van der Waals surface area contributed by atoms with Crippen molar-refractivity contribution in [2.24, 2.45) is 5.92 Å². The second-order valence-electron chi connectivity index (χ2n) is 4.25. The molecule has 88 valence electrons. The van der Waals surface area contributed by atoms with Crippen molar-refractivity contribution in [2.75, 3.05) is 6.61 Å². The maximum Gasteiger partial charge on any atom is 0.308 e. The molecule has 1 aromatic rings. The number of hydrogen-bond donors (Lipinski definition) is 0. The van der Waals surface area contributed by atoms with Crippen LogP contribution in [-0.4, -0.2) is 12.6 Å². The van der Waals surface area contributed by atoms with Gasteiger partial charge in [-0.25, -0.2) is 0 Å². The summed E-state index contributed by atoms with van der Waals surface area (Å²) in [6, 6.07) is 10.1. The minimum atomic E-state index is -0.0923. The van der Waals surface area contributed by atoms with Gasteiger partial charge in [0.15, 0.2) is 0 Å². The van der Waals surface area contributed by atoms with E-state index >= 15 is 0 Å². The van der Waals surface area contributed by atoms with Gasteiger partial charge in [0.25, 0.3) is 0 Å². The van der Waals surface area contributed by atoms with E-state index in [2.05, 4.69) is 19.1 Å². The van der Waals surface area contributed by atoms with Crippen molar-refractivity contribution < 1.29 is 9.53 Å². The third-order valence-corrected chi connectivity index (χ3v) is 2.86. The van der Waals surface area contributed by atoms with Crippen LogP contribution in [0.1, 0.15) is 38.7 Å². The van der Waals surface area contributed by atoms with Gasteiger partial charge in [-0.15, -0.1) is 0 Å². The van der Waals surface area contributed by atoms with Crippen molar-refractivity contribution in [1.29, 1.82) is 0 Å². The fourth-order valence-electron chi connectivity index (χ4n) is 1.39. The van der Waals surface area contributed by atoms with Gasteiger partial charge in [-0.1, -0.05) is 51.1 Å². The summed E-state index contributed by atoms with van der Waals surface area (Å²) >= 11 is 0. The van der Waals surface area contributed by atoms with Crippen molar-refractivity contribution >= 4 is 5.97 Å². The van der Waals surface area contributed by atoms with Crippen LogP contribution in [0.2, 0.25) is 0 Å². The molecule has 2 atom stereocenters. The lowest BCUT2D eigenvalue weighted by Gasteiger charge is -2.14. The molecule has 2 nitrogen and oxygen atoms in total. The van der Waals surface area contributed by atoms with Crippen molar-refractivity contribution in [1.82, 2.24) is 0 Å². The van der Waals surface area contributed by atoms with Gasteiger partial charge < -0.3 is 4.74 Å². The van der Waals surface area contributed by atoms with Crippen LogP contribution in [0.3, 0.4) is 0 Å². The molecule has 0 radical (unpaired) electrons. The van der Waals surface area contributed by atoms with Gasteiger partial charge in [0.2, 0.25) is 0 Å².